The van der Waals surface area contributed by atoms with E-state index in [4.69, 9.17) is 4.98 Å². The summed E-state index contributed by atoms with van der Waals surface area (Å²) in [6, 6.07) is 12.7. The number of phenols is 1. The molecule has 1 aliphatic heterocycles. The summed E-state index contributed by atoms with van der Waals surface area (Å²) in [4.78, 5) is 13.8. The maximum atomic E-state index is 12.2. The van der Waals surface area contributed by atoms with Gasteiger partial charge in [-0.05, 0) is 31.3 Å². The highest BCUT2D eigenvalue weighted by Crippen LogP contribution is 2.35. The van der Waals surface area contributed by atoms with Crippen molar-refractivity contribution in [2.45, 2.75) is 6.42 Å². The predicted octanol–water partition coefficient (Wildman–Crippen LogP) is 3.39. The molecule has 5 rings (SSSR count). The Morgan fingerprint density at radius 2 is 1.78 bits per heavy atom. The van der Waals surface area contributed by atoms with E-state index in [9.17, 15) is 13.5 Å². The van der Waals surface area contributed by atoms with Crippen molar-refractivity contribution in [2.75, 3.05) is 66.4 Å². The van der Waals surface area contributed by atoms with Crippen molar-refractivity contribution in [3.05, 3.63) is 59.8 Å². The molecule has 1 fully saturated rings. The first kappa shape index (κ1) is 24.8. The van der Waals surface area contributed by atoms with Gasteiger partial charge in [0.2, 0.25) is 16.0 Å². The van der Waals surface area contributed by atoms with E-state index in [-0.39, 0.29) is 5.75 Å². The van der Waals surface area contributed by atoms with E-state index in [2.05, 4.69) is 32.5 Å². The van der Waals surface area contributed by atoms with Crippen molar-refractivity contribution < 1.29 is 13.5 Å². The van der Waals surface area contributed by atoms with Gasteiger partial charge < -0.3 is 25.5 Å². The molecule has 1 aromatic heterocycles. The lowest BCUT2D eigenvalue weighted by atomic mass is 10.2. The maximum Gasteiger partial charge on any atom is 0.232 e. The zero-order chi connectivity index (χ0) is 26.2. The predicted molar refractivity (Wildman–Crippen MR) is 149 cm³/mol. The highest BCUT2D eigenvalue weighted by atomic mass is 32.2. The number of aromatic nitrogens is 2. The molecule has 3 aromatic rings. The molecular weight excluding hydrogens is 490 g/mol. The summed E-state index contributed by atoms with van der Waals surface area (Å²) >= 11 is 0. The number of hydrogen-bond donors (Lipinski definition) is 3. The summed E-state index contributed by atoms with van der Waals surface area (Å²) < 4.78 is 25.6. The second kappa shape index (κ2) is 9.91. The Morgan fingerprint density at radius 1 is 1.03 bits per heavy atom. The van der Waals surface area contributed by atoms with Gasteiger partial charge in [0, 0.05) is 57.0 Å². The molecule has 2 heterocycles. The summed E-state index contributed by atoms with van der Waals surface area (Å²) in [7, 11) is 0.174. The van der Waals surface area contributed by atoms with Gasteiger partial charge >= 0.3 is 0 Å². The number of hydrogen-bond acceptors (Lipinski definition) is 9. The molecule has 1 saturated heterocycles. The van der Waals surface area contributed by atoms with Crippen molar-refractivity contribution in [3.63, 3.8) is 0 Å². The molecule has 37 heavy (non-hydrogen) atoms. The van der Waals surface area contributed by atoms with Gasteiger partial charge in [0.1, 0.15) is 11.6 Å². The SMILES string of the molecule is CN1CCN(c2ccc(Nc3nc4c(c(Nc5ccccc5N(C)S(C)(=O)=O)n3)C=CC4)cc2O)CC1. The van der Waals surface area contributed by atoms with Crippen LogP contribution in [0.5, 0.6) is 5.75 Å². The number of sulfonamides is 1. The van der Waals surface area contributed by atoms with Gasteiger partial charge in [-0.25, -0.2) is 13.4 Å². The maximum absolute atomic E-state index is 12.2. The molecule has 0 radical (unpaired) electrons. The van der Waals surface area contributed by atoms with Crippen LogP contribution in [0.25, 0.3) is 6.08 Å². The first-order chi connectivity index (χ1) is 17.7. The number of nitrogens with one attached hydrogen (secondary N) is 2. The van der Waals surface area contributed by atoms with E-state index < -0.39 is 10.0 Å². The average Bonchev–Trinajstić information content (AvgIpc) is 3.33. The third-order valence-electron chi connectivity index (χ3n) is 6.69. The molecule has 1 aliphatic carbocycles. The van der Waals surface area contributed by atoms with E-state index in [1.165, 1.54) is 17.6 Å². The Morgan fingerprint density at radius 3 is 2.51 bits per heavy atom. The molecule has 0 bridgehead atoms. The fraction of sp³-hybridized carbons (Fsp3) is 0.308. The van der Waals surface area contributed by atoms with Crippen LogP contribution in [-0.2, 0) is 16.4 Å². The molecule has 0 saturated carbocycles. The monoisotopic (exact) mass is 521 g/mol. The van der Waals surface area contributed by atoms with Crippen LogP contribution in [-0.4, -0.2) is 74.9 Å². The molecular formula is C26H31N7O3S. The highest BCUT2D eigenvalue weighted by molar-refractivity contribution is 7.92. The molecule has 0 unspecified atom stereocenters. The molecule has 2 aliphatic rings. The number of fused-ring (bicyclic) bond motifs is 1. The van der Waals surface area contributed by atoms with E-state index >= 15 is 0 Å². The van der Waals surface area contributed by atoms with Crippen LogP contribution >= 0.6 is 0 Å². The van der Waals surface area contributed by atoms with Gasteiger partial charge in [0.05, 0.1) is 29.0 Å². The van der Waals surface area contributed by atoms with Crippen LogP contribution in [0.1, 0.15) is 11.3 Å². The Kier molecular flexibility index (Phi) is 6.65. The highest BCUT2D eigenvalue weighted by Gasteiger charge is 2.21. The van der Waals surface area contributed by atoms with Crippen molar-refractivity contribution >= 4 is 50.6 Å². The van der Waals surface area contributed by atoms with Crippen molar-refractivity contribution in [1.29, 1.82) is 0 Å². The lowest BCUT2D eigenvalue weighted by molar-refractivity contribution is 0.311. The number of para-hydroxylation sites is 2. The topological polar surface area (TPSA) is 114 Å². The standard InChI is InChI=1S/C26H31N7O3S/c1-31-13-15-33(16-14-31)23-12-11-18(17-24(23)34)27-26-29-20-9-6-7-19(20)25(30-26)28-21-8-4-5-10-22(21)32(2)37(3,35)36/h4-8,10-12,17,34H,9,13-16H2,1-3H3,(H2,27,28,29,30). The number of likely N-dealkylation sites (N-methyl/N-ethyl adjacent to an activating group) is 1. The van der Waals surface area contributed by atoms with Gasteiger partial charge in [-0.15, -0.1) is 0 Å². The van der Waals surface area contributed by atoms with E-state index in [0.29, 0.717) is 35.2 Å². The molecule has 2 aromatic carbocycles. The quantitative estimate of drug-likeness (QED) is 0.430. The number of rotatable bonds is 7. The van der Waals surface area contributed by atoms with Crippen LogP contribution in [0, 0.1) is 0 Å². The molecule has 10 nitrogen and oxygen atoms in total. The van der Waals surface area contributed by atoms with Gasteiger partial charge in [-0.2, -0.15) is 4.98 Å². The lowest BCUT2D eigenvalue weighted by Gasteiger charge is -2.34. The summed E-state index contributed by atoms with van der Waals surface area (Å²) in [6.07, 6.45) is 5.81. The number of nitrogens with zero attached hydrogens (tertiary/aromatic N) is 5. The van der Waals surface area contributed by atoms with Crippen molar-refractivity contribution in [3.8, 4) is 5.75 Å². The van der Waals surface area contributed by atoms with Crippen molar-refractivity contribution in [1.82, 2.24) is 14.9 Å². The van der Waals surface area contributed by atoms with Crippen LogP contribution in [0.15, 0.2) is 48.5 Å². The Bertz CT molecular complexity index is 1450. The average molecular weight is 522 g/mol. The van der Waals surface area contributed by atoms with E-state index in [1.807, 2.05) is 36.4 Å². The lowest BCUT2D eigenvalue weighted by Crippen LogP contribution is -2.44. The molecule has 0 amide bonds. The Balaban J connectivity index is 1.41. The van der Waals surface area contributed by atoms with E-state index in [0.717, 1.165) is 43.1 Å². The second-order valence-corrected chi connectivity index (χ2v) is 11.4. The van der Waals surface area contributed by atoms with Gasteiger partial charge in [0.15, 0.2) is 0 Å². The third kappa shape index (κ3) is 5.32. The molecule has 0 spiro atoms. The summed E-state index contributed by atoms with van der Waals surface area (Å²) in [5.74, 6) is 1.15. The largest absolute Gasteiger partial charge is 0.506 e. The van der Waals surface area contributed by atoms with Crippen LogP contribution in [0.4, 0.5) is 34.5 Å². The van der Waals surface area contributed by atoms with Crippen LogP contribution in [0.2, 0.25) is 0 Å². The zero-order valence-corrected chi connectivity index (χ0v) is 22.0. The summed E-state index contributed by atoms with van der Waals surface area (Å²) in [5.41, 5.74) is 4.31. The molecule has 194 valence electrons. The fourth-order valence-electron chi connectivity index (χ4n) is 4.49. The summed E-state index contributed by atoms with van der Waals surface area (Å²) in [6.45, 7) is 3.64. The summed E-state index contributed by atoms with van der Waals surface area (Å²) in [5, 5.41) is 17.3. The number of anilines is 6. The number of piperazine rings is 1. The first-order valence-corrected chi connectivity index (χ1v) is 13.9. The molecule has 0 atom stereocenters. The minimum atomic E-state index is -3.44. The first-order valence-electron chi connectivity index (χ1n) is 12.1. The van der Waals surface area contributed by atoms with E-state index in [1.54, 1.807) is 18.2 Å². The van der Waals surface area contributed by atoms with Crippen LogP contribution < -0.4 is 19.8 Å². The normalized spacial score (nSPS) is 15.5. The number of benzene rings is 2. The minimum Gasteiger partial charge on any atom is -0.506 e. The van der Waals surface area contributed by atoms with Gasteiger partial charge in [-0.1, -0.05) is 24.3 Å². The van der Waals surface area contributed by atoms with Crippen LogP contribution in [0.3, 0.4) is 0 Å². The second-order valence-electron chi connectivity index (χ2n) is 9.35. The molecule has 3 N–H and O–H groups in total. The Labute approximate surface area is 217 Å². The minimum absolute atomic E-state index is 0.202. The van der Waals surface area contributed by atoms with Gasteiger partial charge in [-0.3, -0.25) is 4.31 Å². The smallest absolute Gasteiger partial charge is 0.232 e. The Hall–Kier alpha value is -3.83. The number of aromatic hydroxyl groups is 1. The molecule has 11 heteroatoms. The third-order valence-corrected chi connectivity index (χ3v) is 7.88. The number of phenolic OH excluding ortho intramolecular Hbond substituents is 1. The fourth-order valence-corrected chi connectivity index (χ4v) is 5.01. The number of allylic oxidation sites excluding steroid dienone is 1. The zero-order valence-electron chi connectivity index (χ0n) is 21.1. The van der Waals surface area contributed by atoms with Crippen molar-refractivity contribution in [2.24, 2.45) is 0 Å². The van der Waals surface area contributed by atoms with Gasteiger partial charge in [0.25, 0.3) is 0 Å².